The Morgan fingerprint density at radius 1 is 0.920 bits per heavy atom. The predicted molar refractivity (Wildman–Crippen MR) is 95.7 cm³/mol. The third-order valence-electron chi connectivity index (χ3n) is 4.04. The number of hydrogen-bond acceptors (Lipinski definition) is 1. The van der Waals surface area contributed by atoms with Crippen molar-refractivity contribution in [2.24, 2.45) is 0 Å². The Hall–Kier alpha value is -3.01. The van der Waals surface area contributed by atoms with Gasteiger partial charge in [0.2, 0.25) is 0 Å². The largest absolute Gasteiger partial charge is 0.322 e. The molecule has 0 aliphatic rings. The Morgan fingerprint density at radius 2 is 1.64 bits per heavy atom. The molecule has 0 aromatic heterocycles. The van der Waals surface area contributed by atoms with Crippen LogP contribution >= 0.6 is 0 Å². The minimum atomic E-state index is -1.15. The number of anilines is 1. The summed E-state index contributed by atoms with van der Waals surface area (Å²) in [6, 6.07) is 17.0. The van der Waals surface area contributed by atoms with Gasteiger partial charge in [0.1, 0.15) is 0 Å². The second-order valence-electron chi connectivity index (χ2n) is 5.95. The van der Waals surface area contributed by atoms with Crippen LogP contribution in [-0.2, 0) is 0 Å². The van der Waals surface area contributed by atoms with E-state index in [1.54, 1.807) is 12.1 Å². The van der Waals surface area contributed by atoms with E-state index in [0.29, 0.717) is 5.69 Å². The summed E-state index contributed by atoms with van der Waals surface area (Å²) in [5, 5.41) is 2.59. The number of carbonyl (C=O) groups excluding carboxylic acids is 1. The van der Waals surface area contributed by atoms with Crippen molar-refractivity contribution < 1.29 is 13.6 Å². The molecule has 0 bridgehead atoms. The van der Waals surface area contributed by atoms with Gasteiger partial charge in [-0.05, 0) is 54.8 Å². The van der Waals surface area contributed by atoms with Gasteiger partial charge in [-0.3, -0.25) is 4.79 Å². The summed E-state index contributed by atoms with van der Waals surface area (Å²) in [6.45, 7) is 4.07. The minimum absolute atomic E-state index is 0.321. The van der Waals surface area contributed by atoms with Crippen LogP contribution in [0.3, 0.4) is 0 Å². The molecule has 25 heavy (non-hydrogen) atoms. The van der Waals surface area contributed by atoms with Crippen LogP contribution in [0.15, 0.2) is 60.7 Å². The molecule has 126 valence electrons. The van der Waals surface area contributed by atoms with Crippen LogP contribution in [0.1, 0.15) is 21.5 Å². The van der Waals surface area contributed by atoms with Gasteiger partial charge in [-0.25, -0.2) is 8.78 Å². The third-order valence-corrected chi connectivity index (χ3v) is 4.04. The Bertz CT molecular complexity index is 933. The van der Waals surface area contributed by atoms with Gasteiger partial charge in [-0.1, -0.05) is 42.0 Å². The zero-order chi connectivity index (χ0) is 18.0. The number of aryl methyl sites for hydroxylation is 2. The van der Waals surface area contributed by atoms with Crippen LogP contribution < -0.4 is 5.32 Å². The number of benzene rings is 3. The highest BCUT2D eigenvalue weighted by atomic mass is 19.2. The molecule has 2 nitrogen and oxygen atoms in total. The Morgan fingerprint density at radius 3 is 2.36 bits per heavy atom. The quantitative estimate of drug-likeness (QED) is 0.672. The lowest BCUT2D eigenvalue weighted by Crippen LogP contribution is -2.14. The van der Waals surface area contributed by atoms with Gasteiger partial charge in [0.15, 0.2) is 11.6 Å². The average Bonchev–Trinajstić information content (AvgIpc) is 2.60. The number of rotatable bonds is 3. The molecular formula is C21H17F2NO. The highest BCUT2D eigenvalue weighted by Gasteiger charge is 2.15. The summed E-state index contributed by atoms with van der Waals surface area (Å²) in [7, 11) is 0. The fraction of sp³-hybridized carbons (Fsp3) is 0.0952. The van der Waals surface area contributed by atoms with E-state index in [-0.39, 0.29) is 5.56 Å². The zero-order valence-corrected chi connectivity index (χ0v) is 13.9. The first-order valence-electron chi connectivity index (χ1n) is 7.89. The van der Waals surface area contributed by atoms with Gasteiger partial charge in [0.25, 0.3) is 5.91 Å². The Kier molecular flexibility index (Phi) is 4.61. The fourth-order valence-electron chi connectivity index (χ4n) is 2.66. The summed E-state index contributed by atoms with van der Waals surface area (Å²) in [4.78, 5) is 12.1. The normalized spacial score (nSPS) is 10.6. The molecule has 0 spiro atoms. The van der Waals surface area contributed by atoms with Crippen LogP contribution in [0.4, 0.5) is 14.5 Å². The molecule has 4 heteroatoms. The number of hydrogen-bond donors (Lipinski definition) is 1. The lowest BCUT2D eigenvalue weighted by Gasteiger charge is -2.10. The maximum atomic E-state index is 13.7. The first-order chi connectivity index (χ1) is 12.0. The summed E-state index contributed by atoms with van der Waals surface area (Å²) in [6.07, 6.45) is 0. The first kappa shape index (κ1) is 16.8. The van der Waals surface area contributed by atoms with Crippen molar-refractivity contribution in [1.82, 2.24) is 0 Å². The van der Waals surface area contributed by atoms with Crippen LogP contribution in [0.2, 0.25) is 0 Å². The lowest BCUT2D eigenvalue weighted by molar-refractivity contribution is 0.102. The fourth-order valence-corrected chi connectivity index (χ4v) is 2.66. The SMILES string of the molecule is Cc1ccc(C)c(-c2ccc(NC(=O)c3cccc(F)c3F)cc2)c1. The van der Waals surface area contributed by atoms with Gasteiger partial charge in [-0.15, -0.1) is 0 Å². The van der Waals surface area contributed by atoms with Crippen molar-refractivity contribution in [3.63, 3.8) is 0 Å². The monoisotopic (exact) mass is 337 g/mol. The molecule has 0 heterocycles. The molecule has 3 aromatic rings. The number of nitrogens with one attached hydrogen (secondary N) is 1. The topological polar surface area (TPSA) is 29.1 Å². The van der Waals surface area contributed by atoms with Crippen molar-refractivity contribution >= 4 is 11.6 Å². The molecular weight excluding hydrogens is 320 g/mol. The first-order valence-corrected chi connectivity index (χ1v) is 7.89. The number of carbonyl (C=O) groups is 1. The summed E-state index contributed by atoms with van der Waals surface area (Å²) >= 11 is 0. The third kappa shape index (κ3) is 3.58. The molecule has 0 saturated heterocycles. The van der Waals surface area contributed by atoms with Gasteiger partial charge in [0.05, 0.1) is 5.56 Å². The molecule has 3 aromatic carbocycles. The summed E-state index contributed by atoms with van der Waals surface area (Å²) in [5.41, 5.74) is 4.66. The molecule has 0 unspecified atom stereocenters. The van der Waals surface area contributed by atoms with Crippen molar-refractivity contribution in [1.29, 1.82) is 0 Å². The van der Waals surface area contributed by atoms with Crippen LogP contribution in [-0.4, -0.2) is 5.91 Å². The summed E-state index contributed by atoms with van der Waals surface area (Å²) < 4.78 is 26.9. The molecule has 0 saturated carbocycles. The number of amides is 1. The van der Waals surface area contributed by atoms with Gasteiger partial charge < -0.3 is 5.32 Å². The van der Waals surface area contributed by atoms with E-state index < -0.39 is 17.5 Å². The molecule has 0 fully saturated rings. The van der Waals surface area contributed by atoms with E-state index >= 15 is 0 Å². The molecule has 0 aliphatic heterocycles. The molecule has 0 atom stereocenters. The molecule has 1 amide bonds. The molecule has 0 aliphatic carbocycles. The van der Waals surface area contributed by atoms with Crippen molar-refractivity contribution in [3.05, 3.63) is 89.0 Å². The van der Waals surface area contributed by atoms with E-state index in [1.165, 1.54) is 17.7 Å². The molecule has 0 radical (unpaired) electrons. The van der Waals surface area contributed by atoms with Crippen molar-refractivity contribution in [2.75, 3.05) is 5.32 Å². The Labute approximate surface area is 145 Å². The maximum absolute atomic E-state index is 13.7. The number of halogens is 2. The maximum Gasteiger partial charge on any atom is 0.258 e. The van der Waals surface area contributed by atoms with Crippen LogP contribution in [0, 0.1) is 25.5 Å². The predicted octanol–water partition coefficient (Wildman–Crippen LogP) is 5.50. The van der Waals surface area contributed by atoms with E-state index in [2.05, 4.69) is 23.5 Å². The van der Waals surface area contributed by atoms with E-state index in [0.717, 1.165) is 22.8 Å². The highest BCUT2D eigenvalue weighted by Crippen LogP contribution is 2.26. The van der Waals surface area contributed by atoms with Crippen molar-refractivity contribution in [2.45, 2.75) is 13.8 Å². The van der Waals surface area contributed by atoms with Gasteiger partial charge in [0, 0.05) is 5.69 Å². The van der Waals surface area contributed by atoms with Crippen LogP contribution in [0.25, 0.3) is 11.1 Å². The minimum Gasteiger partial charge on any atom is -0.322 e. The molecule has 1 N–H and O–H groups in total. The van der Waals surface area contributed by atoms with Crippen LogP contribution in [0.5, 0.6) is 0 Å². The molecule has 3 rings (SSSR count). The highest BCUT2D eigenvalue weighted by molar-refractivity contribution is 6.04. The average molecular weight is 337 g/mol. The van der Waals surface area contributed by atoms with Gasteiger partial charge >= 0.3 is 0 Å². The van der Waals surface area contributed by atoms with Crippen molar-refractivity contribution in [3.8, 4) is 11.1 Å². The van der Waals surface area contributed by atoms with Gasteiger partial charge in [-0.2, -0.15) is 0 Å². The zero-order valence-electron chi connectivity index (χ0n) is 13.9. The Balaban J connectivity index is 1.82. The van der Waals surface area contributed by atoms with E-state index in [1.807, 2.05) is 26.0 Å². The summed E-state index contributed by atoms with van der Waals surface area (Å²) in [5.74, 6) is -2.87. The smallest absolute Gasteiger partial charge is 0.258 e. The second-order valence-corrected chi connectivity index (χ2v) is 5.95. The standard InChI is InChI=1S/C21H17F2NO/c1-13-6-7-14(2)18(12-13)15-8-10-16(11-9-15)24-21(25)17-4-3-5-19(22)20(17)23/h3-12H,1-2H3,(H,24,25). The van der Waals surface area contributed by atoms with E-state index in [4.69, 9.17) is 0 Å². The second kappa shape index (κ2) is 6.85. The lowest BCUT2D eigenvalue weighted by atomic mass is 9.98. The van der Waals surface area contributed by atoms with E-state index in [9.17, 15) is 13.6 Å².